The number of rotatable bonds is 10. The average Bonchev–Trinajstić information content (AvgIpc) is 3.21. The SMILES string of the molecule is CCOc1ccc(N2C(=O)/C(=C\c3ccc(OCC(=O)N[C@@H](C)c4ccccc4)cc3)C(C(=O)OC)=C2C)cc1. The second kappa shape index (κ2) is 12.8. The molecule has 1 aliphatic heterocycles. The van der Waals surface area contributed by atoms with Gasteiger partial charge in [0.25, 0.3) is 11.8 Å². The van der Waals surface area contributed by atoms with Gasteiger partial charge in [-0.15, -0.1) is 0 Å². The van der Waals surface area contributed by atoms with E-state index in [0.29, 0.717) is 35.1 Å². The fourth-order valence-electron chi connectivity index (χ4n) is 4.43. The van der Waals surface area contributed by atoms with Gasteiger partial charge in [-0.1, -0.05) is 42.5 Å². The molecule has 0 unspecified atom stereocenters. The lowest BCUT2D eigenvalue weighted by atomic mass is 10.0. The molecule has 3 aromatic rings. The second-order valence-corrected chi connectivity index (χ2v) is 9.14. The molecule has 0 radical (unpaired) electrons. The zero-order valence-electron chi connectivity index (χ0n) is 23.0. The highest BCUT2D eigenvalue weighted by Gasteiger charge is 2.37. The van der Waals surface area contributed by atoms with Crippen LogP contribution in [0.1, 0.15) is 37.9 Å². The fraction of sp³-hybridized carbons (Fsp3) is 0.219. The normalized spacial score (nSPS) is 14.8. The van der Waals surface area contributed by atoms with Gasteiger partial charge in [0.05, 0.1) is 30.9 Å². The topological polar surface area (TPSA) is 94.2 Å². The maximum atomic E-state index is 13.5. The number of nitrogens with one attached hydrogen (secondary N) is 1. The number of amides is 2. The third-order valence-electron chi connectivity index (χ3n) is 6.43. The smallest absolute Gasteiger partial charge is 0.340 e. The lowest BCUT2D eigenvalue weighted by Crippen LogP contribution is -2.31. The number of allylic oxidation sites excluding steroid dienone is 1. The van der Waals surface area contributed by atoms with Gasteiger partial charge in [-0.3, -0.25) is 14.5 Å². The van der Waals surface area contributed by atoms with Crippen molar-refractivity contribution in [3.8, 4) is 11.5 Å². The first-order chi connectivity index (χ1) is 19.3. The molecule has 8 nitrogen and oxygen atoms in total. The number of esters is 1. The standard InChI is InChI=1S/C32H32N2O6/c1-5-39-26-17-13-25(14-18-26)34-22(3)30(32(37)38-4)28(31(34)36)19-23-11-15-27(16-12-23)40-20-29(35)33-21(2)24-9-7-6-8-10-24/h6-19,21H,5,20H2,1-4H3,(H,33,35)/b28-19-/t21-/m0/s1. The Balaban J connectivity index is 1.47. The Labute approximate surface area is 233 Å². The third kappa shape index (κ3) is 6.40. The molecule has 1 heterocycles. The average molecular weight is 541 g/mol. The number of hydrogen-bond acceptors (Lipinski definition) is 6. The number of carbonyl (C=O) groups is 3. The first kappa shape index (κ1) is 28.2. The number of hydrogen-bond donors (Lipinski definition) is 1. The minimum absolute atomic E-state index is 0.137. The zero-order chi connectivity index (χ0) is 28.6. The quantitative estimate of drug-likeness (QED) is 0.280. The minimum Gasteiger partial charge on any atom is -0.494 e. The number of methoxy groups -OCH3 is 1. The van der Waals surface area contributed by atoms with Gasteiger partial charge in [0, 0.05) is 11.4 Å². The van der Waals surface area contributed by atoms with Crippen molar-refractivity contribution in [3.05, 3.63) is 107 Å². The van der Waals surface area contributed by atoms with Crippen molar-refractivity contribution in [3.63, 3.8) is 0 Å². The summed E-state index contributed by atoms with van der Waals surface area (Å²) in [5.74, 6) is 0.0111. The van der Waals surface area contributed by atoms with Crippen LogP contribution in [0.5, 0.6) is 11.5 Å². The molecule has 8 heteroatoms. The molecular formula is C32H32N2O6. The van der Waals surface area contributed by atoms with E-state index < -0.39 is 5.97 Å². The highest BCUT2D eigenvalue weighted by atomic mass is 16.5. The predicted octanol–water partition coefficient (Wildman–Crippen LogP) is 5.22. The van der Waals surface area contributed by atoms with E-state index >= 15 is 0 Å². The summed E-state index contributed by atoms with van der Waals surface area (Å²) in [6.45, 7) is 5.91. The van der Waals surface area contributed by atoms with Crippen LogP contribution < -0.4 is 19.7 Å². The lowest BCUT2D eigenvalue weighted by molar-refractivity contribution is -0.136. The first-order valence-electron chi connectivity index (χ1n) is 13.0. The van der Waals surface area contributed by atoms with E-state index in [0.717, 1.165) is 5.56 Å². The summed E-state index contributed by atoms with van der Waals surface area (Å²) in [4.78, 5) is 40.0. The molecule has 1 N–H and O–H groups in total. The number of anilines is 1. The van der Waals surface area contributed by atoms with Gasteiger partial charge >= 0.3 is 5.97 Å². The highest BCUT2D eigenvalue weighted by Crippen LogP contribution is 2.36. The van der Waals surface area contributed by atoms with Crippen LogP contribution in [0.15, 0.2) is 95.7 Å². The number of benzene rings is 3. The van der Waals surface area contributed by atoms with Crippen molar-refractivity contribution < 1.29 is 28.6 Å². The Morgan fingerprint density at radius 1 is 0.925 bits per heavy atom. The minimum atomic E-state index is -0.596. The Hall–Kier alpha value is -4.85. The number of ether oxygens (including phenoxy) is 3. The summed E-state index contributed by atoms with van der Waals surface area (Å²) in [5, 5.41) is 2.91. The van der Waals surface area contributed by atoms with E-state index in [-0.39, 0.29) is 35.6 Å². The van der Waals surface area contributed by atoms with Crippen molar-refractivity contribution >= 4 is 29.5 Å². The van der Waals surface area contributed by atoms with Crippen molar-refractivity contribution in [2.45, 2.75) is 26.8 Å². The molecule has 206 valence electrons. The van der Waals surface area contributed by atoms with Gasteiger partial charge in [0.15, 0.2) is 6.61 Å². The highest BCUT2D eigenvalue weighted by molar-refractivity contribution is 6.23. The molecule has 0 aromatic heterocycles. The summed E-state index contributed by atoms with van der Waals surface area (Å²) in [5.41, 5.74) is 3.20. The molecule has 0 spiro atoms. The number of nitrogens with zero attached hydrogens (tertiary/aromatic N) is 1. The van der Waals surface area contributed by atoms with E-state index in [1.807, 2.05) is 44.2 Å². The van der Waals surface area contributed by atoms with Gasteiger partial charge < -0.3 is 19.5 Å². The van der Waals surface area contributed by atoms with Crippen molar-refractivity contribution in [1.29, 1.82) is 0 Å². The zero-order valence-corrected chi connectivity index (χ0v) is 23.0. The molecule has 40 heavy (non-hydrogen) atoms. The monoisotopic (exact) mass is 540 g/mol. The third-order valence-corrected chi connectivity index (χ3v) is 6.43. The molecule has 0 bridgehead atoms. The van der Waals surface area contributed by atoms with Crippen LogP contribution in [-0.2, 0) is 19.1 Å². The van der Waals surface area contributed by atoms with Gasteiger partial charge in [0.2, 0.25) is 0 Å². The Morgan fingerprint density at radius 2 is 1.55 bits per heavy atom. The second-order valence-electron chi connectivity index (χ2n) is 9.14. The molecule has 2 amide bonds. The van der Waals surface area contributed by atoms with Gasteiger partial charge in [-0.25, -0.2) is 4.79 Å². The van der Waals surface area contributed by atoms with E-state index in [9.17, 15) is 14.4 Å². The van der Waals surface area contributed by atoms with Gasteiger partial charge in [-0.05, 0) is 74.4 Å². The summed E-state index contributed by atoms with van der Waals surface area (Å²) in [6, 6.07) is 23.6. The van der Waals surface area contributed by atoms with Crippen LogP contribution in [-0.4, -0.2) is 38.1 Å². The first-order valence-corrected chi connectivity index (χ1v) is 13.0. The molecule has 0 saturated heterocycles. The van der Waals surface area contributed by atoms with Crippen LogP contribution in [0, 0.1) is 0 Å². The summed E-state index contributed by atoms with van der Waals surface area (Å²) in [6.07, 6.45) is 1.64. The van der Waals surface area contributed by atoms with Crippen LogP contribution >= 0.6 is 0 Å². The lowest BCUT2D eigenvalue weighted by Gasteiger charge is -2.18. The maximum Gasteiger partial charge on any atom is 0.340 e. The van der Waals surface area contributed by atoms with Crippen molar-refractivity contribution in [2.24, 2.45) is 0 Å². The molecular weight excluding hydrogens is 508 g/mol. The Morgan fingerprint density at radius 3 is 2.17 bits per heavy atom. The molecule has 4 rings (SSSR count). The fourth-order valence-corrected chi connectivity index (χ4v) is 4.43. The van der Waals surface area contributed by atoms with Gasteiger partial charge in [0.1, 0.15) is 11.5 Å². The number of carbonyl (C=O) groups excluding carboxylic acids is 3. The molecule has 1 atom stereocenters. The maximum absolute atomic E-state index is 13.5. The molecule has 0 saturated carbocycles. The summed E-state index contributed by atoms with van der Waals surface area (Å²) >= 11 is 0. The van der Waals surface area contributed by atoms with E-state index in [1.165, 1.54) is 12.0 Å². The van der Waals surface area contributed by atoms with Crippen LogP contribution in [0.25, 0.3) is 6.08 Å². The Kier molecular flexibility index (Phi) is 9.01. The molecule has 3 aromatic carbocycles. The van der Waals surface area contributed by atoms with Crippen LogP contribution in [0.2, 0.25) is 0 Å². The molecule has 0 fully saturated rings. The molecule has 0 aliphatic carbocycles. The van der Waals surface area contributed by atoms with E-state index in [4.69, 9.17) is 14.2 Å². The van der Waals surface area contributed by atoms with E-state index in [1.54, 1.807) is 61.5 Å². The van der Waals surface area contributed by atoms with Crippen molar-refractivity contribution in [1.82, 2.24) is 5.32 Å². The molecule has 1 aliphatic rings. The van der Waals surface area contributed by atoms with Crippen LogP contribution in [0.3, 0.4) is 0 Å². The van der Waals surface area contributed by atoms with Crippen molar-refractivity contribution in [2.75, 3.05) is 25.2 Å². The Bertz CT molecular complexity index is 1430. The van der Waals surface area contributed by atoms with Gasteiger partial charge in [-0.2, -0.15) is 0 Å². The largest absolute Gasteiger partial charge is 0.494 e. The van der Waals surface area contributed by atoms with E-state index in [2.05, 4.69) is 5.32 Å². The predicted molar refractivity (Wildman–Crippen MR) is 153 cm³/mol. The summed E-state index contributed by atoms with van der Waals surface area (Å²) < 4.78 is 16.1. The van der Waals surface area contributed by atoms with Crippen LogP contribution in [0.4, 0.5) is 5.69 Å². The summed E-state index contributed by atoms with van der Waals surface area (Å²) in [7, 11) is 1.28.